The predicted octanol–water partition coefficient (Wildman–Crippen LogP) is 6.39. The summed E-state index contributed by atoms with van der Waals surface area (Å²) < 4.78 is 5.54. The van der Waals surface area contributed by atoms with Gasteiger partial charge in [-0.3, -0.25) is 19.3 Å². The fraction of sp³-hybridized carbons (Fsp3) is 0.658. The van der Waals surface area contributed by atoms with Gasteiger partial charge in [-0.1, -0.05) is 45.0 Å². The number of ether oxygens (including phenoxy) is 1. The molecular weight excluding hydrogens is 566 g/mol. The molecule has 1 aliphatic heterocycles. The standard InChI is InChI=1S/C38H49NO6/c1-22(8-11-33(42)45-17-16-39-35(43)27-18-23-6-4-5-7-24(23)19-28(27)36(39)44)29-9-10-30-34-31(13-15-38(29,30)3)37(2)14-12-26(40)20-25(37)21-32(34)41/h4-7,18-19,22,25-26,29-32,34,40-41H,8-17,20-21H2,1-3H3/t22-,25+,26-,29-,30+,31+,32+,34+,37+,38-/m1/s1. The molecular formula is C38H49NO6. The van der Waals surface area contributed by atoms with E-state index in [2.05, 4.69) is 20.8 Å². The SMILES string of the molecule is C[C@H](CCC(=O)OCCN1C(=O)c2cc3ccccc3cc2C1=O)[C@H]1CC[C@H]2[C@@H]3[C@@H](O)C[C@@H]4C[C@H](O)CC[C@]4(C)[C@H]3CC[C@]12C. The summed E-state index contributed by atoms with van der Waals surface area (Å²) in [4.78, 5) is 40.0. The van der Waals surface area contributed by atoms with Crippen LogP contribution in [0, 0.1) is 46.3 Å². The number of nitrogens with zero attached hydrogens (tertiary/aromatic N) is 1. The number of rotatable bonds is 7. The number of aliphatic hydroxyl groups is 2. The number of hydrogen-bond donors (Lipinski definition) is 2. The fourth-order valence-electron chi connectivity index (χ4n) is 11.2. The lowest BCUT2D eigenvalue weighted by Gasteiger charge is -2.62. The number of carbonyl (C=O) groups is 3. The Hall–Kier alpha value is -2.77. The number of benzene rings is 2. The maximum absolute atomic E-state index is 13.0. The number of hydrogen-bond acceptors (Lipinski definition) is 6. The topological polar surface area (TPSA) is 104 Å². The molecule has 0 aromatic heterocycles. The normalized spacial score (nSPS) is 38.0. The molecule has 2 N–H and O–H groups in total. The van der Waals surface area contributed by atoms with Crippen LogP contribution in [0.15, 0.2) is 36.4 Å². The van der Waals surface area contributed by atoms with Crippen LogP contribution < -0.4 is 0 Å². The molecule has 2 aromatic rings. The van der Waals surface area contributed by atoms with Gasteiger partial charge in [-0.05, 0) is 127 Å². The molecule has 0 saturated heterocycles. The third-order valence-electron chi connectivity index (χ3n) is 13.6. The van der Waals surface area contributed by atoms with Crippen LogP contribution >= 0.6 is 0 Å². The first-order valence-corrected chi connectivity index (χ1v) is 17.4. The van der Waals surface area contributed by atoms with Gasteiger partial charge in [0.15, 0.2) is 0 Å². The van der Waals surface area contributed by atoms with Gasteiger partial charge in [0.25, 0.3) is 11.8 Å². The van der Waals surface area contributed by atoms with Gasteiger partial charge < -0.3 is 14.9 Å². The van der Waals surface area contributed by atoms with E-state index in [9.17, 15) is 24.6 Å². The van der Waals surface area contributed by atoms with Crippen LogP contribution in [-0.4, -0.2) is 58.3 Å². The molecule has 10 atom stereocenters. The maximum atomic E-state index is 13.0. The largest absolute Gasteiger partial charge is 0.464 e. The Labute approximate surface area is 266 Å². The Morgan fingerprint density at radius 1 is 0.933 bits per heavy atom. The molecule has 4 aliphatic carbocycles. The van der Waals surface area contributed by atoms with E-state index in [1.54, 1.807) is 12.1 Å². The first kappa shape index (κ1) is 30.9. The molecule has 4 saturated carbocycles. The predicted molar refractivity (Wildman–Crippen MR) is 171 cm³/mol. The van der Waals surface area contributed by atoms with Crippen molar-refractivity contribution in [3.8, 4) is 0 Å². The number of imide groups is 1. The van der Waals surface area contributed by atoms with E-state index in [4.69, 9.17) is 4.74 Å². The van der Waals surface area contributed by atoms with Crippen LogP contribution in [0.2, 0.25) is 0 Å². The zero-order valence-corrected chi connectivity index (χ0v) is 27.0. The molecule has 7 rings (SSSR count). The fourth-order valence-corrected chi connectivity index (χ4v) is 11.2. The minimum Gasteiger partial charge on any atom is -0.464 e. The zero-order chi connectivity index (χ0) is 31.7. The molecule has 0 unspecified atom stereocenters. The van der Waals surface area contributed by atoms with E-state index in [1.807, 2.05) is 24.3 Å². The summed E-state index contributed by atoms with van der Waals surface area (Å²) in [5.41, 5.74) is 1.20. The second-order valence-corrected chi connectivity index (χ2v) is 15.7. The lowest BCUT2D eigenvalue weighted by molar-refractivity contribution is -0.174. The van der Waals surface area contributed by atoms with E-state index < -0.39 is 0 Å². The molecule has 7 nitrogen and oxygen atoms in total. The smallest absolute Gasteiger partial charge is 0.305 e. The average molecular weight is 616 g/mol. The van der Waals surface area contributed by atoms with Crippen molar-refractivity contribution >= 4 is 28.6 Å². The second kappa shape index (κ2) is 11.5. The highest BCUT2D eigenvalue weighted by molar-refractivity contribution is 6.23. The van der Waals surface area contributed by atoms with Crippen molar-refractivity contribution < 1.29 is 29.3 Å². The summed E-state index contributed by atoms with van der Waals surface area (Å²) >= 11 is 0. The molecule has 2 amide bonds. The molecule has 4 fully saturated rings. The number of esters is 1. The average Bonchev–Trinajstić information content (AvgIpc) is 3.49. The summed E-state index contributed by atoms with van der Waals surface area (Å²) in [6.45, 7) is 7.23. The summed E-state index contributed by atoms with van der Waals surface area (Å²) in [6.07, 6.45) is 8.80. The maximum Gasteiger partial charge on any atom is 0.305 e. The highest BCUT2D eigenvalue weighted by Gasteiger charge is 2.62. The van der Waals surface area contributed by atoms with E-state index in [1.165, 1.54) is 11.3 Å². The molecule has 45 heavy (non-hydrogen) atoms. The number of fused-ring (bicyclic) bond motifs is 7. The number of amides is 2. The third-order valence-corrected chi connectivity index (χ3v) is 13.6. The van der Waals surface area contributed by atoms with Crippen LogP contribution in [0.4, 0.5) is 0 Å². The Bertz CT molecular complexity index is 1450. The summed E-state index contributed by atoms with van der Waals surface area (Å²) in [5.74, 6) is 1.71. The molecule has 0 spiro atoms. The molecule has 5 aliphatic rings. The van der Waals surface area contributed by atoms with Gasteiger partial charge in [-0.2, -0.15) is 0 Å². The number of aliphatic hydroxyl groups excluding tert-OH is 2. The highest BCUT2D eigenvalue weighted by Crippen LogP contribution is 2.68. The van der Waals surface area contributed by atoms with Crippen molar-refractivity contribution in [1.29, 1.82) is 0 Å². The second-order valence-electron chi connectivity index (χ2n) is 15.7. The van der Waals surface area contributed by atoms with Crippen molar-refractivity contribution in [3.05, 3.63) is 47.5 Å². The third kappa shape index (κ3) is 5.04. The Kier molecular flexibility index (Phi) is 7.88. The van der Waals surface area contributed by atoms with Crippen LogP contribution in [0.5, 0.6) is 0 Å². The van der Waals surface area contributed by atoms with Gasteiger partial charge in [-0.25, -0.2) is 0 Å². The first-order chi connectivity index (χ1) is 21.5. The summed E-state index contributed by atoms with van der Waals surface area (Å²) in [6, 6.07) is 11.2. The van der Waals surface area contributed by atoms with E-state index in [0.29, 0.717) is 53.1 Å². The van der Waals surface area contributed by atoms with Gasteiger partial charge >= 0.3 is 5.97 Å². The highest BCUT2D eigenvalue weighted by atomic mass is 16.5. The van der Waals surface area contributed by atoms with Crippen LogP contribution in [0.1, 0.15) is 106 Å². The van der Waals surface area contributed by atoms with Gasteiger partial charge in [0.05, 0.1) is 29.9 Å². The van der Waals surface area contributed by atoms with Crippen molar-refractivity contribution in [2.45, 2.75) is 97.2 Å². The van der Waals surface area contributed by atoms with Crippen molar-refractivity contribution in [3.63, 3.8) is 0 Å². The van der Waals surface area contributed by atoms with Crippen molar-refractivity contribution in [1.82, 2.24) is 4.90 Å². The minimum atomic E-state index is -0.335. The molecule has 242 valence electrons. The van der Waals surface area contributed by atoms with Gasteiger partial charge in [0.2, 0.25) is 0 Å². The van der Waals surface area contributed by atoms with Gasteiger partial charge in [-0.15, -0.1) is 0 Å². The van der Waals surface area contributed by atoms with E-state index in [0.717, 1.165) is 62.1 Å². The van der Waals surface area contributed by atoms with Crippen LogP contribution in [-0.2, 0) is 9.53 Å². The van der Waals surface area contributed by atoms with Crippen LogP contribution in [0.25, 0.3) is 10.8 Å². The van der Waals surface area contributed by atoms with E-state index >= 15 is 0 Å². The quantitative estimate of drug-likeness (QED) is 0.277. The van der Waals surface area contributed by atoms with Gasteiger partial charge in [0, 0.05) is 6.42 Å². The molecule has 1 heterocycles. The first-order valence-electron chi connectivity index (χ1n) is 17.4. The van der Waals surface area contributed by atoms with Crippen molar-refractivity contribution in [2.24, 2.45) is 46.3 Å². The van der Waals surface area contributed by atoms with Crippen molar-refractivity contribution in [2.75, 3.05) is 13.2 Å². The Balaban J connectivity index is 0.923. The lowest BCUT2D eigenvalue weighted by atomic mass is 9.43. The number of carbonyl (C=O) groups excluding carboxylic acids is 3. The molecule has 0 radical (unpaired) electrons. The summed E-state index contributed by atoms with van der Waals surface area (Å²) in [7, 11) is 0. The van der Waals surface area contributed by atoms with E-state index in [-0.39, 0.29) is 54.0 Å². The Morgan fingerprint density at radius 3 is 2.27 bits per heavy atom. The molecule has 0 bridgehead atoms. The zero-order valence-electron chi connectivity index (χ0n) is 27.0. The molecule has 2 aromatic carbocycles. The summed E-state index contributed by atoms with van der Waals surface area (Å²) in [5, 5.41) is 23.7. The molecule has 7 heteroatoms. The Morgan fingerprint density at radius 2 is 1.58 bits per heavy atom. The van der Waals surface area contributed by atoms with Gasteiger partial charge in [0.1, 0.15) is 6.61 Å². The monoisotopic (exact) mass is 615 g/mol. The lowest BCUT2D eigenvalue weighted by Crippen LogP contribution is -2.58. The van der Waals surface area contributed by atoms with Crippen LogP contribution in [0.3, 0.4) is 0 Å². The minimum absolute atomic E-state index is 0.000826.